The van der Waals surface area contributed by atoms with Crippen molar-refractivity contribution in [3.63, 3.8) is 0 Å². The van der Waals surface area contributed by atoms with E-state index in [1.807, 2.05) is 6.07 Å². The number of rotatable bonds is 7. The molecule has 5 rings (SSSR count). The SMILES string of the molecule is O=C(CNC(=O)c1cc(-c2ccco2)n(-c2cccc(Cl)c2)n1)Nc1ccc(-n2cncn2)cc1. The molecule has 0 aliphatic carbocycles. The van der Waals surface area contributed by atoms with Crippen LogP contribution in [0.25, 0.3) is 22.8 Å². The number of anilines is 1. The van der Waals surface area contributed by atoms with Crippen LogP contribution in [0.5, 0.6) is 0 Å². The number of carbonyl (C=O) groups is 2. The molecule has 35 heavy (non-hydrogen) atoms. The van der Waals surface area contributed by atoms with Crippen LogP contribution < -0.4 is 10.6 Å². The van der Waals surface area contributed by atoms with Crippen molar-refractivity contribution in [2.75, 3.05) is 11.9 Å². The van der Waals surface area contributed by atoms with Gasteiger partial charge in [-0.1, -0.05) is 17.7 Å². The Morgan fingerprint density at radius 1 is 1.00 bits per heavy atom. The summed E-state index contributed by atoms with van der Waals surface area (Å²) in [5.41, 5.74) is 2.74. The number of amides is 2. The van der Waals surface area contributed by atoms with Gasteiger partial charge < -0.3 is 15.1 Å². The Kier molecular flexibility index (Phi) is 6.10. The second-order valence-electron chi connectivity index (χ2n) is 7.40. The highest BCUT2D eigenvalue weighted by molar-refractivity contribution is 6.30. The fourth-order valence-corrected chi connectivity index (χ4v) is 3.58. The van der Waals surface area contributed by atoms with Gasteiger partial charge in [0.05, 0.1) is 24.2 Å². The van der Waals surface area contributed by atoms with Gasteiger partial charge in [0.25, 0.3) is 5.91 Å². The molecule has 0 saturated heterocycles. The van der Waals surface area contributed by atoms with Gasteiger partial charge in [-0.3, -0.25) is 9.59 Å². The van der Waals surface area contributed by atoms with Crippen molar-refractivity contribution in [3.05, 3.63) is 96.4 Å². The third kappa shape index (κ3) is 4.97. The zero-order valence-corrected chi connectivity index (χ0v) is 18.9. The minimum atomic E-state index is -0.504. The fraction of sp³-hybridized carbons (Fsp3) is 0.0417. The van der Waals surface area contributed by atoms with Crippen molar-refractivity contribution in [2.24, 2.45) is 0 Å². The summed E-state index contributed by atoms with van der Waals surface area (Å²) in [6, 6.07) is 19.2. The molecule has 0 radical (unpaired) electrons. The van der Waals surface area contributed by atoms with Crippen LogP contribution >= 0.6 is 11.6 Å². The topological polar surface area (TPSA) is 120 Å². The van der Waals surface area contributed by atoms with Gasteiger partial charge in [0.1, 0.15) is 18.3 Å². The zero-order chi connectivity index (χ0) is 24.2. The van der Waals surface area contributed by atoms with Crippen molar-refractivity contribution in [1.29, 1.82) is 0 Å². The van der Waals surface area contributed by atoms with E-state index >= 15 is 0 Å². The monoisotopic (exact) mass is 487 g/mol. The van der Waals surface area contributed by atoms with Crippen LogP contribution in [0.15, 0.2) is 90.1 Å². The number of aromatic nitrogens is 5. The van der Waals surface area contributed by atoms with Crippen molar-refractivity contribution in [1.82, 2.24) is 29.9 Å². The average Bonchev–Trinajstić information content (AvgIpc) is 3.64. The van der Waals surface area contributed by atoms with E-state index in [1.165, 1.54) is 12.6 Å². The molecule has 0 bridgehead atoms. The Bertz CT molecular complexity index is 1460. The first-order valence-corrected chi connectivity index (χ1v) is 10.9. The third-order valence-electron chi connectivity index (χ3n) is 5.01. The van der Waals surface area contributed by atoms with Crippen molar-refractivity contribution >= 4 is 29.1 Å². The van der Waals surface area contributed by atoms with Crippen LogP contribution in [0.4, 0.5) is 5.69 Å². The highest BCUT2D eigenvalue weighted by Gasteiger charge is 2.19. The largest absolute Gasteiger partial charge is 0.463 e. The molecule has 0 unspecified atom stereocenters. The van der Waals surface area contributed by atoms with E-state index < -0.39 is 5.91 Å². The van der Waals surface area contributed by atoms with E-state index in [-0.39, 0.29) is 18.1 Å². The average molecular weight is 488 g/mol. The van der Waals surface area contributed by atoms with Crippen molar-refractivity contribution < 1.29 is 14.0 Å². The van der Waals surface area contributed by atoms with E-state index in [4.69, 9.17) is 16.0 Å². The molecule has 11 heteroatoms. The molecule has 2 aromatic carbocycles. The number of nitrogens with zero attached hydrogens (tertiary/aromatic N) is 5. The minimum Gasteiger partial charge on any atom is -0.463 e. The van der Waals surface area contributed by atoms with E-state index in [2.05, 4.69) is 25.8 Å². The molecule has 0 aliphatic heterocycles. The molecular weight excluding hydrogens is 470 g/mol. The highest BCUT2D eigenvalue weighted by atomic mass is 35.5. The summed E-state index contributed by atoms with van der Waals surface area (Å²) in [5.74, 6) is -0.355. The van der Waals surface area contributed by atoms with Crippen LogP contribution in [0.3, 0.4) is 0 Å². The number of hydrogen-bond donors (Lipinski definition) is 2. The molecule has 3 heterocycles. The standard InChI is InChI=1S/C24H18ClN7O3/c25-16-3-1-4-19(11-16)32-21(22-5-2-10-35-22)12-20(30-32)24(34)27-13-23(33)29-17-6-8-18(9-7-17)31-15-26-14-28-31/h1-12,14-15H,13H2,(H,27,34)(H,29,33). The number of nitrogens with one attached hydrogen (secondary N) is 2. The molecular formula is C24H18ClN7O3. The van der Waals surface area contributed by atoms with Crippen LogP contribution in [-0.2, 0) is 4.79 Å². The molecule has 0 saturated carbocycles. The Labute approximate surface area is 204 Å². The van der Waals surface area contributed by atoms with Gasteiger partial charge in [-0.2, -0.15) is 10.2 Å². The van der Waals surface area contributed by atoms with Gasteiger partial charge in [-0.25, -0.2) is 14.3 Å². The third-order valence-corrected chi connectivity index (χ3v) is 5.25. The second kappa shape index (κ2) is 9.65. The fourth-order valence-electron chi connectivity index (χ4n) is 3.39. The Balaban J connectivity index is 1.26. The van der Waals surface area contributed by atoms with Crippen LogP contribution in [0.1, 0.15) is 10.5 Å². The van der Waals surface area contributed by atoms with E-state index in [1.54, 1.807) is 76.4 Å². The molecule has 0 fully saturated rings. The Morgan fingerprint density at radius 3 is 2.57 bits per heavy atom. The van der Waals surface area contributed by atoms with E-state index in [0.29, 0.717) is 27.9 Å². The van der Waals surface area contributed by atoms with Crippen LogP contribution in [0, 0.1) is 0 Å². The number of hydrogen-bond acceptors (Lipinski definition) is 6. The first kappa shape index (κ1) is 22.1. The molecule has 0 spiro atoms. The van der Waals surface area contributed by atoms with E-state index in [0.717, 1.165) is 5.69 Å². The molecule has 0 atom stereocenters. The van der Waals surface area contributed by atoms with Gasteiger partial charge in [0, 0.05) is 16.8 Å². The minimum absolute atomic E-state index is 0.126. The van der Waals surface area contributed by atoms with Crippen LogP contribution in [-0.4, -0.2) is 42.9 Å². The summed E-state index contributed by atoms with van der Waals surface area (Å²) < 4.78 is 8.67. The Hall–Kier alpha value is -4.70. The summed E-state index contributed by atoms with van der Waals surface area (Å²) in [6.45, 7) is -0.232. The summed E-state index contributed by atoms with van der Waals surface area (Å²) in [6.07, 6.45) is 4.55. The summed E-state index contributed by atoms with van der Waals surface area (Å²) in [7, 11) is 0. The molecule has 174 valence electrons. The van der Waals surface area contributed by atoms with E-state index in [9.17, 15) is 9.59 Å². The number of halogens is 1. The quantitative estimate of drug-likeness (QED) is 0.361. The maximum atomic E-state index is 12.8. The molecule has 10 nitrogen and oxygen atoms in total. The number of furan rings is 1. The molecule has 2 amide bonds. The van der Waals surface area contributed by atoms with Gasteiger partial charge in [-0.05, 0) is 54.6 Å². The first-order chi connectivity index (χ1) is 17.1. The summed E-state index contributed by atoms with van der Waals surface area (Å²) >= 11 is 6.13. The zero-order valence-electron chi connectivity index (χ0n) is 18.1. The van der Waals surface area contributed by atoms with Crippen molar-refractivity contribution in [3.8, 4) is 22.8 Å². The number of carbonyl (C=O) groups excluding carboxylic acids is 2. The van der Waals surface area contributed by atoms with Gasteiger partial charge in [0.2, 0.25) is 5.91 Å². The normalized spacial score (nSPS) is 10.8. The predicted octanol–water partition coefficient (Wildman–Crippen LogP) is 3.73. The lowest BCUT2D eigenvalue weighted by Crippen LogP contribution is -2.33. The maximum absolute atomic E-state index is 12.8. The molecule has 3 aromatic heterocycles. The molecule has 5 aromatic rings. The van der Waals surface area contributed by atoms with Gasteiger partial charge in [0.15, 0.2) is 11.5 Å². The lowest BCUT2D eigenvalue weighted by molar-refractivity contribution is -0.115. The Morgan fingerprint density at radius 2 is 1.86 bits per heavy atom. The van der Waals surface area contributed by atoms with Crippen molar-refractivity contribution in [2.45, 2.75) is 0 Å². The number of benzene rings is 2. The summed E-state index contributed by atoms with van der Waals surface area (Å²) in [4.78, 5) is 29.0. The second-order valence-corrected chi connectivity index (χ2v) is 7.84. The van der Waals surface area contributed by atoms with Gasteiger partial charge in [-0.15, -0.1) is 0 Å². The molecule has 2 N–H and O–H groups in total. The lowest BCUT2D eigenvalue weighted by Gasteiger charge is -2.07. The predicted molar refractivity (Wildman–Crippen MR) is 129 cm³/mol. The first-order valence-electron chi connectivity index (χ1n) is 10.5. The molecule has 0 aliphatic rings. The van der Waals surface area contributed by atoms with Crippen LogP contribution in [0.2, 0.25) is 5.02 Å². The summed E-state index contributed by atoms with van der Waals surface area (Å²) in [5, 5.41) is 14.3. The maximum Gasteiger partial charge on any atom is 0.272 e. The lowest BCUT2D eigenvalue weighted by atomic mass is 10.2. The smallest absolute Gasteiger partial charge is 0.272 e. The van der Waals surface area contributed by atoms with Gasteiger partial charge >= 0.3 is 0 Å². The highest BCUT2D eigenvalue weighted by Crippen LogP contribution is 2.25.